The molecule has 0 saturated carbocycles. The summed E-state index contributed by atoms with van der Waals surface area (Å²) in [5, 5.41) is 9.50. The lowest BCUT2D eigenvalue weighted by Crippen LogP contribution is -2.32. The highest BCUT2D eigenvalue weighted by Gasteiger charge is 2.17. The van der Waals surface area contributed by atoms with E-state index in [1.165, 1.54) is 5.56 Å². The maximum atomic E-state index is 13.4. The molecule has 0 aliphatic rings. The van der Waals surface area contributed by atoms with Gasteiger partial charge in [0.15, 0.2) is 0 Å². The van der Waals surface area contributed by atoms with Crippen LogP contribution in [0.2, 0.25) is 0 Å². The highest BCUT2D eigenvalue weighted by molar-refractivity contribution is 5.96. The highest BCUT2D eigenvalue weighted by Crippen LogP contribution is 2.25. The molecule has 0 aromatic heterocycles. The Hall–Kier alpha value is -4.18. The second-order valence-electron chi connectivity index (χ2n) is 8.38. The van der Waals surface area contributed by atoms with Gasteiger partial charge in [-0.25, -0.2) is 4.79 Å². The lowest BCUT2D eigenvalue weighted by Gasteiger charge is -2.23. The van der Waals surface area contributed by atoms with E-state index in [2.05, 4.69) is 12.1 Å². The van der Waals surface area contributed by atoms with E-state index in [1.807, 2.05) is 90.7 Å². The first-order valence-corrected chi connectivity index (χ1v) is 11.3. The Labute approximate surface area is 200 Å². The molecule has 0 saturated heterocycles. The number of aryl methyl sites for hydroxylation is 1. The zero-order valence-electron chi connectivity index (χ0n) is 19.1. The van der Waals surface area contributed by atoms with E-state index in [0.29, 0.717) is 24.2 Å². The molecule has 4 aromatic carbocycles. The smallest absolute Gasteiger partial charge is 0.336 e. The Bertz CT molecular complexity index is 1260. The number of carbonyl (C=O) groups excluding carboxylic acids is 1. The number of amides is 1. The van der Waals surface area contributed by atoms with Crippen LogP contribution in [-0.4, -0.2) is 28.4 Å². The maximum Gasteiger partial charge on any atom is 0.336 e. The zero-order chi connectivity index (χ0) is 23.9. The van der Waals surface area contributed by atoms with Crippen molar-refractivity contribution in [2.45, 2.75) is 19.9 Å². The second kappa shape index (κ2) is 10.6. The van der Waals surface area contributed by atoms with Crippen molar-refractivity contribution in [2.75, 3.05) is 6.54 Å². The molecule has 0 heterocycles. The fourth-order valence-corrected chi connectivity index (χ4v) is 3.97. The number of benzene rings is 4. The first-order chi connectivity index (χ1) is 16.5. The summed E-state index contributed by atoms with van der Waals surface area (Å²) >= 11 is 0. The fraction of sp³-hybridized carbons (Fsp3) is 0.133. The Morgan fingerprint density at radius 1 is 0.735 bits per heavy atom. The average molecular weight is 450 g/mol. The van der Waals surface area contributed by atoms with Crippen LogP contribution in [0, 0.1) is 6.92 Å². The van der Waals surface area contributed by atoms with E-state index >= 15 is 0 Å². The lowest BCUT2D eigenvalue weighted by atomic mass is 9.98. The second-order valence-corrected chi connectivity index (χ2v) is 8.38. The number of carboxylic acid groups (broad SMARTS) is 1. The zero-order valence-corrected chi connectivity index (χ0v) is 19.1. The molecule has 170 valence electrons. The quantitative estimate of drug-likeness (QED) is 0.346. The Balaban J connectivity index is 1.56. The summed E-state index contributed by atoms with van der Waals surface area (Å²) in [5.41, 5.74) is 5.75. The van der Waals surface area contributed by atoms with Gasteiger partial charge in [0.25, 0.3) is 5.91 Å². The third-order valence-electron chi connectivity index (χ3n) is 5.89. The molecule has 0 aliphatic heterocycles. The molecule has 4 aromatic rings. The van der Waals surface area contributed by atoms with E-state index in [9.17, 15) is 14.7 Å². The van der Waals surface area contributed by atoms with Crippen molar-refractivity contribution in [1.29, 1.82) is 0 Å². The average Bonchev–Trinajstić information content (AvgIpc) is 2.87. The monoisotopic (exact) mass is 449 g/mol. The van der Waals surface area contributed by atoms with Crippen LogP contribution in [0.1, 0.15) is 37.4 Å². The normalized spacial score (nSPS) is 10.6. The van der Waals surface area contributed by atoms with Crippen molar-refractivity contribution in [1.82, 2.24) is 4.90 Å². The summed E-state index contributed by atoms with van der Waals surface area (Å²) in [5.74, 6) is -0.952. The molecular weight excluding hydrogens is 422 g/mol. The van der Waals surface area contributed by atoms with Gasteiger partial charge in [-0.15, -0.1) is 0 Å². The topological polar surface area (TPSA) is 57.6 Å². The summed E-state index contributed by atoms with van der Waals surface area (Å²) in [6, 6.07) is 32.6. The number of aromatic carboxylic acids is 1. The van der Waals surface area contributed by atoms with Crippen molar-refractivity contribution >= 4 is 11.9 Å². The molecular formula is C30H27NO3. The van der Waals surface area contributed by atoms with E-state index < -0.39 is 5.97 Å². The van der Waals surface area contributed by atoms with Gasteiger partial charge in [-0.2, -0.15) is 0 Å². The third-order valence-corrected chi connectivity index (χ3v) is 5.89. The first kappa shape index (κ1) is 23.0. The number of nitrogens with zero attached hydrogens (tertiary/aromatic N) is 1. The molecule has 4 rings (SSSR count). The van der Waals surface area contributed by atoms with Gasteiger partial charge < -0.3 is 10.0 Å². The molecule has 0 spiro atoms. The molecule has 0 unspecified atom stereocenters. The van der Waals surface area contributed by atoms with Gasteiger partial charge in [-0.3, -0.25) is 4.79 Å². The van der Waals surface area contributed by atoms with Crippen LogP contribution < -0.4 is 0 Å². The van der Waals surface area contributed by atoms with E-state index in [1.54, 1.807) is 12.1 Å². The van der Waals surface area contributed by atoms with Crippen molar-refractivity contribution < 1.29 is 14.7 Å². The van der Waals surface area contributed by atoms with Crippen LogP contribution >= 0.6 is 0 Å². The molecule has 0 atom stereocenters. The molecule has 0 radical (unpaired) electrons. The van der Waals surface area contributed by atoms with E-state index in [0.717, 1.165) is 23.1 Å². The molecule has 0 aliphatic carbocycles. The standard InChI is InChI=1S/C30H27NO3/c1-22-11-15-26(16-12-22)29(32)31(20-19-23-7-3-2-4-8-23)21-24-13-17-25(18-14-24)27-9-5-6-10-28(27)30(33)34/h2-18H,19-21H2,1H3,(H,33,34). The van der Waals surface area contributed by atoms with Crippen molar-refractivity contribution in [3.05, 3.63) is 131 Å². The summed E-state index contributed by atoms with van der Waals surface area (Å²) in [7, 11) is 0. The van der Waals surface area contributed by atoms with Gasteiger partial charge in [0.2, 0.25) is 0 Å². The molecule has 0 bridgehead atoms. The number of hydrogen-bond acceptors (Lipinski definition) is 2. The third kappa shape index (κ3) is 5.59. The van der Waals surface area contributed by atoms with Crippen LogP contribution in [0.4, 0.5) is 0 Å². The Kier molecular flexibility index (Phi) is 7.19. The van der Waals surface area contributed by atoms with Crippen LogP contribution in [0.3, 0.4) is 0 Å². The maximum absolute atomic E-state index is 13.4. The molecule has 0 fully saturated rings. The van der Waals surface area contributed by atoms with E-state index in [4.69, 9.17) is 0 Å². The van der Waals surface area contributed by atoms with Gasteiger partial charge in [0, 0.05) is 18.7 Å². The summed E-state index contributed by atoms with van der Waals surface area (Å²) < 4.78 is 0. The molecule has 1 N–H and O–H groups in total. The number of hydrogen-bond donors (Lipinski definition) is 1. The summed E-state index contributed by atoms with van der Waals surface area (Å²) in [4.78, 5) is 26.8. The van der Waals surface area contributed by atoms with E-state index in [-0.39, 0.29) is 11.5 Å². The summed E-state index contributed by atoms with van der Waals surface area (Å²) in [6.45, 7) is 3.08. The minimum absolute atomic E-state index is 0.00349. The Morgan fingerprint density at radius 2 is 1.38 bits per heavy atom. The SMILES string of the molecule is Cc1ccc(C(=O)N(CCc2ccccc2)Cc2ccc(-c3ccccc3C(=O)O)cc2)cc1. The lowest BCUT2D eigenvalue weighted by molar-refractivity contribution is 0.0696. The molecule has 4 nitrogen and oxygen atoms in total. The molecule has 1 amide bonds. The van der Waals surface area contributed by atoms with Crippen molar-refractivity contribution in [3.8, 4) is 11.1 Å². The van der Waals surface area contributed by atoms with Gasteiger partial charge in [-0.1, -0.05) is 90.5 Å². The number of carbonyl (C=O) groups is 2. The van der Waals surface area contributed by atoms with Crippen molar-refractivity contribution in [2.24, 2.45) is 0 Å². The van der Waals surface area contributed by atoms with Crippen LogP contribution in [0.15, 0.2) is 103 Å². The predicted octanol–water partition coefficient (Wildman–Crippen LogP) is 6.25. The van der Waals surface area contributed by atoms with Gasteiger partial charge in [0.05, 0.1) is 5.56 Å². The highest BCUT2D eigenvalue weighted by atomic mass is 16.4. The van der Waals surface area contributed by atoms with Crippen LogP contribution in [0.5, 0.6) is 0 Å². The van der Waals surface area contributed by atoms with Crippen molar-refractivity contribution in [3.63, 3.8) is 0 Å². The fourth-order valence-electron chi connectivity index (χ4n) is 3.97. The largest absolute Gasteiger partial charge is 0.478 e. The summed E-state index contributed by atoms with van der Waals surface area (Å²) in [6.07, 6.45) is 0.766. The minimum atomic E-state index is -0.949. The minimum Gasteiger partial charge on any atom is -0.478 e. The first-order valence-electron chi connectivity index (χ1n) is 11.3. The van der Waals surface area contributed by atoms with Crippen LogP contribution in [0.25, 0.3) is 11.1 Å². The van der Waals surface area contributed by atoms with Gasteiger partial charge in [0.1, 0.15) is 0 Å². The molecule has 34 heavy (non-hydrogen) atoms. The van der Waals surface area contributed by atoms with Gasteiger partial charge in [-0.05, 0) is 53.8 Å². The number of carboxylic acids is 1. The van der Waals surface area contributed by atoms with Gasteiger partial charge >= 0.3 is 5.97 Å². The number of rotatable bonds is 8. The predicted molar refractivity (Wildman–Crippen MR) is 135 cm³/mol. The Morgan fingerprint density at radius 3 is 2.06 bits per heavy atom. The molecule has 4 heteroatoms. The van der Waals surface area contributed by atoms with Crippen LogP contribution in [-0.2, 0) is 13.0 Å².